The van der Waals surface area contributed by atoms with Crippen molar-refractivity contribution in [2.24, 2.45) is 5.10 Å². The molecule has 1 aliphatic rings. The van der Waals surface area contributed by atoms with E-state index in [0.29, 0.717) is 0 Å². The number of aromatic nitrogens is 1. The van der Waals surface area contributed by atoms with Crippen molar-refractivity contribution in [2.45, 2.75) is 43.5 Å². The summed E-state index contributed by atoms with van der Waals surface area (Å²) >= 11 is 0. The highest BCUT2D eigenvalue weighted by molar-refractivity contribution is 7.89. The summed E-state index contributed by atoms with van der Waals surface area (Å²) in [6.45, 7) is 7.35. The number of sulfonamides is 2. The molecular formula is C32H35N5O5S2. The van der Waals surface area contributed by atoms with E-state index >= 15 is 0 Å². The van der Waals surface area contributed by atoms with Crippen LogP contribution in [0.5, 0.6) is 0 Å². The number of amides is 1. The molecular weight excluding hydrogens is 599 g/mol. The number of nitrogens with one attached hydrogen (secondary N) is 1. The van der Waals surface area contributed by atoms with Gasteiger partial charge in [0.2, 0.25) is 20.0 Å². The molecule has 1 N–H and O–H groups in total. The standard InChI is InChI=1S/C32H35N5O5S2/c1-23-15-16-30(24(2)19-23)37-25(3)20-27(26(37)4)21-33-34-32(38)31-22-35(43(39,40)28-11-7-5-8-12-28)17-18-36(31)44(41,42)29-13-9-6-10-14-29/h5-16,19-21,31H,17-18,22H2,1-4H3,(H,34,38)/b33-21-/t31-/m1/s1. The molecule has 1 fully saturated rings. The summed E-state index contributed by atoms with van der Waals surface area (Å²) in [6, 6.07) is 22.5. The average molecular weight is 634 g/mol. The van der Waals surface area contributed by atoms with Crippen LogP contribution in [-0.2, 0) is 24.8 Å². The van der Waals surface area contributed by atoms with E-state index in [2.05, 4.69) is 40.2 Å². The van der Waals surface area contributed by atoms with Gasteiger partial charge < -0.3 is 4.57 Å². The largest absolute Gasteiger partial charge is 0.318 e. The van der Waals surface area contributed by atoms with Crippen molar-refractivity contribution in [3.05, 3.63) is 113 Å². The first kappa shape index (κ1) is 31.3. The van der Waals surface area contributed by atoms with Crippen molar-refractivity contribution in [3.8, 4) is 5.69 Å². The summed E-state index contributed by atoms with van der Waals surface area (Å²) in [5.74, 6) is -0.739. The SMILES string of the molecule is Cc1ccc(-n2c(C)cc(/C=N\NC(=O)[C@H]3CN(S(=O)(=O)c4ccccc4)CCN3S(=O)(=O)c3ccccc3)c2C)c(C)c1. The molecule has 2 heterocycles. The summed E-state index contributed by atoms with van der Waals surface area (Å²) < 4.78 is 58.4. The first-order valence-electron chi connectivity index (χ1n) is 14.1. The van der Waals surface area contributed by atoms with Crippen LogP contribution in [0.4, 0.5) is 0 Å². The minimum Gasteiger partial charge on any atom is -0.318 e. The van der Waals surface area contributed by atoms with Crippen LogP contribution in [0.25, 0.3) is 5.69 Å². The highest BCUT2D eigenvalue weighted by Gasteiger charge is 2.43. The minimum absolute atomic E-state index is 0.0134. The van der Waals surface area contributed by atoms with Crippen LogP contribution in [-0.4, -0.2) is 67.8 Å². The van der Waals surface area contributed by atoms with Gasteiger partial charge in [0.15, 0.2) is 0 Å². The second-order valence-corrected chi connectivity index (χ2v) is 14.6. The molecule has 0 bridgehead atoms. The first-order valence-corrected chi connectivity index (χ1v) is 17.0. The summed E-state index contributed by atoms with van der Waals surface area (Å²) in [4.78, 5) is 13.7. The fourth-order valence-corrected chi connectivity index (χ4v) is 8.57. The maximum Gasteiger partial charge on any atom is 0.259 e. The van der Waals surface area contributed by atoms with Gasteiger partial charge in [-0.05, 0) is 69.7 Å². The molecule has 1 saturated heterocycles. The van der Waals surface area contributed by atoms with Crippen molar-refractivity contribution in [2.75, 3.05) is 19.6 Å². The summed E-state index contributed by atoms with van der Waals surface area (Å²) in [5, 5.41) is 4.17. The number of carbonyl (C=O) groups is 1. The van der Waals surface area contributed by atoms with Crippen LogP contribution < -0.4 is 5.43 Å². The quantitative estimate of drug-likeness (QED) is 0.233. The number of hydrazone groups is 1. The summed E-state index contributed by atoms with van der Waals surface area (Å²) in [5.41, 5.74) is 8.47. The Hall–Kier alpha value is -4.10. The monoisotopic (exact) mass is 633 g/mol. The van der Waals surface area contributed by atoms with Crippen molar-refractivity contribution in [3.63, 3.8) is 0 Å². The number of nitrogens with zero attached hydrogens (tertiary/aromatic N) is 4. The Balaban J connectivity index is 1.42. The Kier molecular flexibility index (Phi) is 8.89. The third-order valence-electron chi connectivity index (χ3n) is 7.77. The van der Waals surface area contributed by atoms with Crippen LogP contribution >= 0.6 is 0 Å². The van der Waals surface area contributed by atoms with Gasteiger partial charge in [-0.2, -0.15) is 13.7 Å². The Morgan fingerprint density at radius 1 is 0.818 bits per heavy atom. The molecule has 4 aromatic rings. The maximum atomic E-state index is 13.6. The molecule has 44 heavy (non-hydrogen) atoms. The molecule has 3 aromatic carbocycles. The van der Waals surface area contributed by atoms with Crippen molar-refractivity contribution >= 4 is 32.2 Å². The van der Waals surface area contributed by atoms with Gasteiger partial charge in [-0.1, -0.05) is 54.1 Å². The predicted molar refractivity (Wildman–Crippen MR) is 170 cm³/mol. The number of rotatable bonds is 8. The van der Waals surface area contributed by atoms with Crippen LogP contribution in [0.3, 0.4) is 0 Å². The average Bonchev–Trinajstić information content (AvgIpc) is 3.29. The summed E-state index contributed by atoms with van der Waals surface area (Å²) in [7, 11) is -8.09. The molecule has 5 rings (SSSR count). The van der Waals surface area contributed by atoms with Gasteiger partial charge in [0, 0.05) is 42.3 Å². The lowest BCUT2D eigenvalue weighted by Crippen LogP contribution is -2.60. The van der Waals surface area contributed by atoms with E-state index in [-0.39, 0.29) is 29.4 Å². The minimum atomic E-state index is -4.12. The smallest absolute Gasteiger partial charge is 0.259 e. The normalized spacial score (nSPS) is 16.8. The van der Waals surface area contributed by atoms with Gasteiger partial charge in [-0.25, -0.2) is 22.3 Å². The van der Waals surface area contributed by atoms with Crippen molar-refractivity contribution in [1.29, 1.82) is 0 Å². The molecule has 230 valence electrons. The molecule has 1 amide bonds. The zero-order valence-corrected chi connectivity index (χ0v) is 26.6. The lowest BCUT2D eigenvalue weighted by atomic mass is 10.1. The molecule has 10 nitrogen and oxygen atoms in total. The van der Waals surface area contributed by atoms with Gasteiger partial charge in [0.25, 0.3) is 5.91 Å². The Bertz CT molecular complexity index is 1920. The highest BCUT2D eigenvalue weighted by atomic mass is 32.2. The first-order chi connectivity index (χ1) is 20.9. The van der Waals surface area contributed by atoms with Crippen LogP contribution in [0.15, 0.2) is 99.8 Å². The van der Waals surface area contributed by atoms with Crippen LogP contribution in [0.2, 0.25) is 0 Å². The molecule has 0 radical (unpaired) electrons. The van der Waals surface area contributed by atoms with Gasteiger partial charge in [-0.3, -0.25) is 4.79 Å². The molecule has 1 aromatic heterocycles. The number of aryl methyl sites for hydroxylation is 3. The predicted octanol–water partition coefficient (Wildman–Crippen LogP) is 3.93. The molecule has 0 saturated carbocycles. The molecule has 0 spiro atoms. The van der Waals surface area contributed by atoms with E-state index in [9.17, 15) is 21.6 Å². The third kappa shape index (κ3) is 6.11. The van der Waals surface area contributed by atoms with E-state index in [1.54, 1.807) is 36.4 Å². The molecule has 12 heteroatoms. The number of piperazine rings is 1. The summed E-state index contributed by atoms with van der Waals surface area (Å²) in [6.07, 6.45) is 1.51. The van der Waals surface area contributed by atoms with Gasteiger partial charge >= 0.3 is 0 Å². The van der Waals surface area contributed by atoms with Gasteiger partial charge in [0.1, 0.15) is 6.04 Å². The molecule has 1 aliphatic heterocycles. The molecule has 0 unspecified atom stereocenters. The van der Waals surface area contributed by atoms with E-state index in [1.807, 2.05) is 26.8 Å². The van der Waals surface area contributed by atoms with Crippen molar-refractivity contribution in [1.82, 2.24) is 18.6 Å². The lowest BCUT2D eigenvalue weighted by Gasteiger charge is -2.38. The zero-order chi connectivity index (χ0) is 31.6. The van der Waals surface area contributed by atoms with Crippen molar-refractivity contribution < 1.29 is 21.6 Å². The number of hydrogen-bond acceptors (Lipinski definition) is 6. The van der Waals surface area contributed by atoms with E-state index in [0.717, 1.165) is 36.8 Å². The second kappa shape index (κ2) is 12.5. The Morgan fingerprint density at radius 3 is 2.05 bits per heavy atom. The van der Waals surface area contributed by atoms with Crippen LogP contribution in [0, 0.1) is 27.7 Å². The number of benzene rings is 3. The van der Waals surface area contributed by atoms with E-state index in [4.69, 9.17) is 0 Å². The van der Waals surface area contributed by atoms with E-state index < -0.39 is 32.0 Å². The number of hydrogen-bond donors (Lipinski definition) is 1. The zero-order valence-electron chi connectivity index (χ0n) is 25.0. The second-order valence-electron chi connectivity index (χ2n) is 10.8. The number of carbonyl (C=O) groups excluding carboxylic acids is 1. The van der Waals surface area contributed by atoms with E-state index in [1.165, 1.54) is 36.0 Å². The third-order valence-corrected chi connectivity index (χ3v) is 11.6. The molecule has 1 atom stereocenters. The Labute approximate surface area is 258 Å². The highest BCUT2D eigenvalue weighted by Crippen LogP contribution is 2.26. The van der Waals surface area contributed by atoms with Gasteiger partial charge in [0.05, 0.1) is 16.0 Å². The van der Waals surface area contributed by atoms with Crippen LogP contribution in [0.1, 0.15) is 28.1 Å². The lowest BCUT2D eigenvalue weighted by molar-refractivity contribution is -0.125. The fraction of sp³-hybridized carbons (Fsp3) is 0.250. The Morgan fingerprint density at radius 2 is 1.43 bits per heavy atom. The fourth-order valence-electron chi connectivity index (χ4n) is 5.52. The maximum absolute atomic E-state index is 13.6. The topological polar surface area (TPSA) is 121 Å². The molecule has 0 aliphatic carbocycles. The van der Waals surface area contributed by atoms with Gasteiger partial charge in [-0.15, -0.1) is 0 Å².